The van der Waals surface area contributed by atoms with E-state index in [2.05, 4.69) is 4.99 Å². The molecular weight excluding hydrogens is 150 g/mol. The summed E-state index contributed by atoms with van der Waals surface area (Å²) in [5.41, 5.74) is 0. The summed E-state index contributed by atoms with van der Waals surface area (Å²) in [4.78, 5) is 14.4. The summed E-state index contributed by atoms with van der Waals surface area (Å²) in [6.45, 7) is 0. The molecule has 0 bridgehead atoms. The Hall–Kier alpha value is -1.03. The SMILES string of the molecule is O=CC1C=CC(=S=O)C=N1. The maximum Gasteiger partial charge on any atom is 0.148 e. The molecule has 0 radical (unpaired) electrons. The third-order valence-electron chi connectivity index (χ3n) is 1.07. The van der Waals surface area contributed by atoms with Crippen LogP contribution in [-0.4, -0.2) is 27.6 Å². The molecule has 0 aromatic rings. The smallest absolute Gasteiger partial charge is 0.148 e. The number of dihydropyridines is 1. The van der Waals surface area contributed by atoms with Crippen LogP contribution in [0.2, 0.25) is 0 Å². The Bertz CT molecular complexity index is 234. The van der Waals surface area contributed by atoms with E-state index in [1.54, 1.807) is 12.2 Å². The number of hydrogen-bond acceptors (Lipinski definition) is 3. The highest BCUT2D eigenvalue weighted by Crippen LogP contribution is 1.94. The molecule has 1 aliphatic rings. The van der Waals surface area contributed by atoms with Crippen LogP contribution in [-0.2, 0) is 16.1 Å². The first-order chi connectivity index (χ1) is 4.86. The predicted molar refractivity (Wildman–Crippen MR) is 40.6 cm³/mol. The topological polar surface area (TPSA) is 46.5 Å². The molecule has 1 unspecified atom stereocenters. The fraction of sp³-hybridized carbons (Fsp3) is 0.167. The molecule has 0 amide bonds. The van der Waals surface area contributed by atoms with E-state index in [9.17, 15) is 9.00 Å². The third-order valence-corrected chi connectivity index (χ3v) is 1.50. The summed E-state index contributed by atoms with van der Waals surface area (Å²) in [7, 11) is 0. The van der Waals surface area contributed by atoms with Gasteiger partial charge >= 0.3 is 0 Å². The lowest BCUT2D eigenvalue weighted by molar-refractivity contribution is -0.108. The zero-order valence-corrected chi connectivity index (χ0v) is 5.88. The summed E-state index contributed by atoms with van der Waals surface area (Å²) in [5, 5.41) is 0. The number of aliphatic imine (C=N–C) groups is 1. The van der Waals surface area contributed by atoms with E-state index in [0.29, 0.717) is 16.1 Å². The number of rotatable bonds is 1. The molecule has 4 heteroatoms. The van der Waals surface area contributed by atoms with Crippen LogP contribution in [0.3, 0.4) is 0 Å². The van der Waals surface area contributed by atoms with E-state index < -0.39 is 6.04 Å². The van der Waals surface area contributed by atoms with Crippen molar-refractivity contribution in [2.45, 2.75) is 6.04 Å². The number of aldehydes is 1. The first-order valence-corrected chi connectivity index (χ1v) is 3.44. The van der Waals surface area contributed by atoms with Gasteiger partial charge in [-0.3, -0.25) is 4.99 Å². The molecule has 1 aliphatic heterocycles. The molecule has 0 spiro atoms. The molecule has 0 aromatic carbocycles. The van der Waals surface area contributed by atoms with Gasteiger partial charge in [0.2, 0.25) is 0 Å². The Morgan fingerprint density at radius 1 is 1.70 bits per heavy atom. The van der Waals surface area contributed by atoms with Crippen LogP contribution in [0, 0.1) is 0 Å². The van der Waals surface area contributed by atoms with Gasteiger partial charge in [-0.2, -0.15) is 0 Å². The van der Waals surface area contributed by atoms with Crippen molar-refractivity contribution in [1.29, 1.82) is 0 Å². The van der Waals surface area contributed by atoms with Crippen molar-refractivity contribution >= 4 is 28.6 Å². The highest BCUT2D eigenvalue weighted by atomic mass is 32.1. The average molecular weight is 155 g/mol. The van der Waals surface area contributed by atoms with Gasteiger partial charge in [0.05, 0.1) is 16.1 Å². The molecule has 52 valence electrons. The fourth-order valence-corrected chi connectivity index (χ4v) is 0.813. The summed E-state index contributed by atoms with van der Waals surface area (Å²) in [5.74, 6) is 0. The molecule has 0 saturated carbocycles. The van der Waals surface area contributed by atoms with Crippen LogP contribution >= 0.6 is 0 Å². The monoisotopic (exact) mass is 155 g/mol. The zero-order valence-electron chi connectivity index (χ0n) is 5.06. The molecule has 1 atom stereocenters. The summed E-state index contributed by atoms with van der Waals surface area (Å²) >= 11 is 0.373. The number of hydrogen-bond donors (Lipinski definition) is 0. The van der Waals surface area contributed by atoms with E-state index in [1.807, 2.05) is 0 Å². The quantitative estimate of drug-likeness (QED) is 0.381. The molecular formula is C6H5NO2S. The number of nitrogens with zero attached hydrogens (tertiary/aromatic N) is 1. The first kappa shape index (κ1) is 7.08. The van der Waals surface area contributed by atoms with E-state index in [-0.39, 0.29) is 0 Å². The van der Waals surface area contributed by atoms with Crippen molar-refractivity contribution < 1.29 is 9.00 Å². The van der Waals surface area contributed by atoms with Gasteiger partial charge in [-0.05, 0) is 6.08 Å². The van der Waals surface area contributed by atoms with Crippen LogP contribution < -0.4 is 0 Å². The van der Waals surface area contributed by atoms with Gasteiger partial charge in [0.25, 0.3) is 0 Å². The van der Waals surface area contributed by atoms with Gasteiger partial charge in [-0.15, -0.1) is 0 Å². The lowest BCUT2D eigenvalue weighted by Crippen LogP contribution is -2.10. The number of allylic oxidation sites excluding steroid dienone is 1. The van der Waals surface area contributed by atoms with Gasteiger partial charge in [0.1, 0.15) is 12.3 Å². The van der Waals surface area contributed by atoms with Crippen molar-refractivity contribution in [3.05, 3.63) is 12.2 Å². The normalized spacial score (nSPS) is 22.8. The van der Waals surface area contributed by atoms with E-state index in [1.165, 1.54) is 6.21 Å². The largest absolute Gasteiger partial charge is 0.301 e. The molecule has 0 saturated heterocycles. The maximum atomic E-state index is 10.1. The molecule has 1 heterocycles. The summed E-state index contributed by atoms with van der Waals surface area (Å²) < 4.78 is 10.1. The van der Waals surface area contributed by atoms with Crippen molar-refractivity contribution in [1.82, 2.24) is 0 Å². The number of carbonyl (C=O) groups excluding carboxylic acids is 1. The number of carbonyl (C=O) groups is 1. The van der Waals surface area contributed by atoms with Gasteiger partial charge < -0.3 is 4.79 Å². The second kappa shape index (κ2) is 3.22. The van der Waals surface area contributed by atoms with Crippen LogP contribution in [0.15, 0.2) is 17.1 Å². The Morgan fingerprint density at radius 2 is 2.50 bits per heavy atom. The Kier molecular flexibility index (Phi) is 2.28. The van der Waals surface area contributed by atoms with Crippen LogP contribution in [0.5, 0.6) is 0 Å². The van der Waals surface area contributed by atoms with Crippen LogP contribution in [0.4, 0.5) is 0 Å². The van der Waals surface area contributed by atoms with Crippen LogP contribution in [0.25, 0.3) is 0 Å². The standard InChI is InChI=1S/C6H5NO2S/c8-4-5-1-2-6(10-9)3-7-5/h1-5H. The second-order valence-corrected chi connectivity index (χ2v) is 2.39. The van der Waals surface area contributed by atoms with Crippen molar-refractivity contribution in [3.8, 4) is 0 Å². The average Bonchev–Trinajstić information content (AvgIpc) is 2.05. The van der Waals surface area contributed by atoms with E-state index in [4.69, 9.17) is 0 Å². The van der Waals surface area contributed by atoms with Gasteiger partial charge in [0.15, 0.2) is 0 Å². The minimum Gasteiger partial charge on any atom is -0.301 e. The minimum atomic E-state index is -0.393. The lowest BCUT2D eigenvalue weighted by Gasteiger charge is -2.00. The van der Waals surface area contributed by atoms with Crippen molar-refractivity contribution in [3.63, 3.8) is 0 Å². The molecule has 0 aliphatic carbocycles. The maximum absolute atomic E-state index is 10.1. The molecule has 0 N–H and O–H groups in total. The van der Waals surface area contributed by atoms with Crippen molar-refractivity contribution in [2.75, 3.05) is 0 Å². The zero-order chi connectivity index (χ0) is 7.40. The van der Waals surface area contributed by atoms with Gasteiger partial charge in [0, 0.05) is 6.21 Å². The summed E-state index contributed by atoms with van der Waals surface area (Å²) in [6, 6.07) is -0.393. The lowest BCUT2D eigenvalue weighted by atomic mass is 10.2. The first-order valence-electron chi connectivity index (χ1n) is 2.70. The predicted octanol–water partition coefficient (Wildman–Crippen LogP) is -0.420. The minimum absolute atomic E-state index is 0.373. The Labute approximate surface area is 61.5 Å². The molecule has 0 aromatic heterocycles. The highest BCUT2D eigenvalue weighted by molar-refractivity contribution is 7.68. The molecule has 1 rings (SSSR count). The van der Waals surface area contributed by atoms with Crippen molar-refractivity contribution in [2.24, 2.45) is 4.99 Å². The molecule has 3 nitrogen and oxygen atoms in total. The highest BCUT2D eigenvalue weighted by Gasteiger charge is 2.02. The molecule has 10 heavy (non-hydrogen) atoms. The molecule has 0 fully saturated rings. The third kappa shape index (κ3) is 1.48. The van der Waals surface area contributed by atoms with Crippen LogP contribution in [0.1, 0.15) is 0 Å². The second-order valence-electron chi connectivity index (χ2n) is 1.75. The van der Waals surface area contributed by atoms with E-state index in [0.717, 1.165) is 6.29 Å². The Morgan fingerprint density at radius 3 is 2.90 bits per heavy atom. The van der Waals surface area contributed by atoms with Gasteiger partial charge in [-0.25, -0.2) is 4.21 Å². The van der Waals surface area contributed by atoms with E-state index >= 15 is 0 Å². The fourth-order valence-electron chi connectivity index (χ4n) is 0.575. The van der Waals surface area contributed by atoms with Gasteiger partial charge in [-0.1, -0.05) is 6.08 Å². The summed E-state index contributed by atoms with van der Waals surface area (Å²) in [6.07, 6.45) is 5.33. The Balaban J connectivity index is 2.79.